The molecule has 0 unspecified atom stereocenters. The predicted octanol–water partition coefficient (Wildman–Crippen LogP) is 4.88. The van der Waals surface area contributed by atoms with Gasteiger partial charge in [-0.3, -0.25) is 9.69 Å². The van der Waals surface area contributed by atoms with Gasteiger partial charge in [0.25, 0.3) is 0 Å². The van der Waals surface area contributed by atoms with Gasteiger partial charge in [-0.2, -0.15) is 0 Å². The second-order valence-electron chi connectivity index (χ2n) is 7.41. The summed E-state index contributed by atoms with van der Waals surface area (Å²) in [5.41, 5.74) is 5.16. The first kappa shape index (κ1) is 17.0. The number of aryl methyl sites for hydroxylation is 1. The molecule has 2 aromatic carbocycles. The van der Waals surface area contributed by atoms with E-state index in [0.717, 1.165) is 52.9 Å². The highest BCUT2D eigenvalue weighted by Gasteiger charge is 2.18. The largest absolute Gasteiger partial charge is 0.354 e. The standard InChI is InChI=1S/C23H26N2O/c1-17-11-12-21-19(15-17)23(26)20(16-25-13-7-2-3-8-14-25)22(24-21)18-9-5-4-6-10-18/h4-6,9-12,15H,2-3,7-8,13-14,16H2,1H3,(H,24,26). The summed E-state index contributed by atoms with van der Waals surface area (Å²) in [4.78, 5) is 19.4. The topological polar surface area (TPSA) is 36.1 Å². The molecule has 0 amide bonds. The molecule has 1 aliphatic rings. The minimum atomic E-state index is 0.172. The van der Waals surface area contributed by atoms with Crippen LogP contribution < -0.4 is 5.43 Å². The average molecular weight is 346 g/mol. The first-order valence-corrected chi connectivity index (χ1v) is 9.66. The highest BCUT2D eigenvalue weighted by atomic mass is 16.1. The second kappa shape index (κ2) is 7.46. The molecule has 0 bridgehead atoms. The Hall–Kier alpha value is -2.39. The van der Waals surface area contributed by atoms with Gasteiger partial charge in [0.1, 0.15) is 0 Å². The van der Waals surface area contributed by atoms with E-state index >= 15 is 0 Å². The summed E-state index contributed by atoms with van der Waals surface area (Å²) in [6, 6.07) is 16.3. The van der Waals surface area contributed by atoms with Crippen molar-refractivity contribution in [3.8, 4) is 11.3 Å². The molecule has 1 aromatic heterocycles. The van der Waals surface area contributed by atoms with Gasteiger partial charge >= 0.3 is 0 Å². The lowest BCUT2D eigenvalue weighted by molar-refractivity contribution is 0.276. The van der Waals surface area contributed by atoms with Crippen molar-refractivity contribution < 1.29 is 0 Å². The van der Waals surface area contributed by atoms with Crippen LogP contribution in [0.1, 0.15) is 36.8 Å². The van der Waals surface area contributed by atoms with Gasteiger partial charge in [0.15, 0.2) is 5.43 Å². The Labute approximate surface area is 154 Å². The van der Waals surface area contributed by atoms with Crippen molar-refractivity contribution in [2.24, 2.45) is 0 Å². The van der Waals surface area contributed by atoms with E-state index in [1.807, 2.05) is 37.3 Å². The van der Waals surface area contributed by atoms with E-state index in [1.54, 1.807) is 0 Å². The lowest BCUT2D eigenvalue weighted by atomic mass is 10.0. The lowest BCUT2D eigenvalue weighted by Gasteiger charge is -2.21. The Morgan fingerprint density at radius 3 is 2.42 bits per heavy atom. The molecule has 4 rings (SSSR count). The molecule has 3 aromatic rings. The fourth-order valence-electron chi connectivity index (χ4n) is 3.96. The van der Waals surface area contributed by atoms with Crippen molar-refractivity contribution in [1.29, 1.82) is 0 Å². The van der Waals surface area contributed by atoms with Crippen LogP contribution in [-0.2, 0) is 6.54 Å². The Balaban J connectivity index is 1.87. The van der Waals surface area contributed by atoms with Gasteiger partial charge in [-0.1, -0.05) is 54.8 Å². The quantitative estimate of drug-likeness (QED) is 0.734. The predicted molar refractivity (Wildman–Crippen MR) is 108 cm³/mol. The van der Waals surface area contributed by atoms with Gasteiger partial charge in [0, 0.05) is 23.0 Å². The van der Waals surface area contributed by atoms with Crippen molar-refractivity contribution in [2.75, 3.05) is 13.1 Å². The molecule has 3 heteroatoms. The van der Waals surface area contributed by atoms with E-state index in [4.69, 9.17) is 0 Å². The number of pyridine rings is 1. The highest BCUT2D eigenvalue weighted by Crippen LogP contribution is 2.24. The zero-order valence-electron chi connectivity index (χ0n) is 15.4. The lowest BCUT2D eigenvalue weighted by Crippen LogP contribution is -2.28. The summed E-state index contributed by atoms with van der Waals surface area (Å²) >= 11 is 0. The van der Waals surface area contributed by atoms with Crippen molar-refractivity contribution in [3.63, 3.8) is 0 Å². The summed E-state index contributed by atoms with van der Waals surface area (Å²) < 4.78 is 0. The molecule has 1 fully saturated rings. The summed E-state index contributed by atoms with van der Waals surface area (Å²) in [5.74, 6) is 0. The Morgan fingerprint density at radius 1 is 0.962 bits per heavy atom. The second-order valence-corrected chi connectivity index (χ2v) is 7.41. The first-order valence-electron chi connectivity index (χ1n) is 9.66. The number of hydrogen-bond acceptors (Lipinski definition) is 2. The first-order chi connectivity index (χ1) is 12.7. The molecule has 0 atom stereocenters. The maximum Gasteiger partial charge on any atom is 0.194 e. The van der Waals surface area contributed by atoms with Crippen LogP contribution in [0.4, 0.5) is 0 Å². The number of likely N-dealkylation sites (tertiary alicyclic amines) is 1. The minimum Gasteiger partial charge on any atom is -0.354 e. The van der Waals surface area contributed by atoms with Crippen LogP contribution in [0, 0.1) is 6.92 Å². The maximum absolute atomic E-state index is 13.4. The van der Waals surface area contributed by atoms with Crippen LogP contribution in [0.5, 0.6) is 0 Å². The fraction of sp³-hybridized carbons (Fsp3) is 0.348. The maximum atomic E-state index is 13.4. The van der Waals surface area contributed by atoms with Crippen LogP contribution in [0.15, 0.2) is 53.3 Å². The van der Waals surface area contributed by atoms with E-state index in [9.17, 15) is 4.79 Å². The van der Waals surface area contributed by atoms with Gasteiger partial charge in [-0.05, 0) is 50.6 Å². The summed E-state index contributed by atoms with van der Waals surface area (Å²) in [5, 5.41) is 0.800. The molecule has 26 heavy (non-hydrogen) atoms. The normalized spacial score (nSPS) is 15.9. The van der Waals surface area contributed by atoms with E-state index in [-0.39, 0.29) is 5.43 Å². The number of nitrogens with zero attached hydrogens (tertiary/aromatic N) is 1. The van der Waals surface area contributed by atoms with Crippen molar-refractivity contribution in [1.82, 2.24) is 9.88 Å². The zero-order chi connectivity index (χ0) is 17.9. The molecule has 1 saturated heterocycles. The number of benzene rings is 2. The summed E-state index contributed by atoms with van der Waals surface area (Å²) in [7, 11) is 0. The molecular weight excluding hydrogens is 320 g/mol. The van der Waals surface area contributed by atoms with Crippen LogP contribution >= 0.6 is 0 Å². The van der Waals surface area contributed by atoms with Gasteiger partial charge in [-0.25, -0.2) is 0 Å². The number of H-pyrrole nitrogens is 1. The van der Waals surface area contributed by atoms with Crippen molar-refractivity contribution in [3.05, 3.63) is 69.9 Å². The van der Waals surface area contributed by atoms with E-state index < -0.39 is 0 Å². The zero-order valence-corrected chi connectivity index (χ0v) is 15.4. The average Bonchev–Trinajstić information content (AvgIpc) is 2.94. The SMILES string of the molecule is Cc1ccc2[nH]c(-c3ccccc3)c(CN3CCCCCC3)c(=O)c2c1. The molecule has 0 spiro atoms. The molecule has 0 saturated carbocycles. The molecule has 1 aliphatic heterocycles. The summed E-state index contributed by atoms with van der Waals surface area (Å²) in [6.07, 6.45) is 5.06. The Kier molecular flexibility index (Phi) is 4.89. The minimum absolute atomic E-state index is 0.172. The summed E-state index contributed by atoms with van der Waals surface area (Å²) in [6.45, 7) is 4.93. The molecule has 2 heterocycles. The third kappa shape index (κ3) is 3.45. The molecule has 134 valence electrons. The molecule has 0 radical (unpaired) electrons. The number of fused-ring (bicyclic) bond motifs is 1. The molecule has 3 nitrogen and oxygen atoms in total. The van der Waals surface area contributed by atoms with Crippen LogP contribution in [0.3, 0.4) is 0 Å². The number of rotatable bonds is 3. The smallest absolute Gasteiger partial charge is 0.194 e. The molecule has 1 N–H and O–H groups in total. The van der Waals surface area contributed by atoms with Crippen LogP contribution in [-0.4, -0.2) is 23.0 Å². The third-order valence-electron chi connectivity index (χ3n) is 5.40. The number of hydrogen-bond donors (Lipinski definition) is 1. The van der Waals surface area contributed by atoms with Crippen LogP contribution in [0.2, 0.25) is 0 Å². The van der Waals surface area contributed by atoms with Crippen LogP contribution in [0.25, 0.3) is 22.2 Å². The van der Waals surface area contributed by atoms with Gasteiger partial charge < -0.3 is 4.98 Å². The van der Waals surface area contributed by atoms with Gasteiger partial charge in [0.2, 0.25) is 0 Å². The third-order valence-corrected chi connectivity index (χ3v) is 5.40. The number of aromatic nitrogens is 1. The monoisotopic (exact) mass is 346 g/mol. The van der Waals surface area contributed by atoms with Crippen molar-refractivity contribution in [2.45, 2.75) is 39.2 Å². The Morgan fingerprint density at radius 2 is 1.69 bits per heavy atom. The van der Waals surface area contributed by atoms with Gasteiger partial charge in [0.05, 0.1) is 5.69 Å². The molecular formula is C23H26N2O. The number of aromatic amines is 1. The molecule has 0 aliphatic carbocycles. The highest BCUT2D eigenvalue weighted by molar-refractivity contribution is 5.83. The Bertz CT molecular complexity index is 951. The van der Waals surface area contributed by atoms with E-state index in [0.29, 0.717) is 0 Å². The number of nitrogens with one attached hydrogen (secondary N) is 1. The van der Waals surface area contributed by atoms with E-state index in [1.165, 1.54) is 25.7 Å². The van der Waals surface area contributed by atoms with E-state index in [2.05, 4.69) is 28.1 Å². The van der Waals surface area contributed by atoms with Gasteiger partial charge in [-0.15, -0.1) is 0 Å². The van der Waals surface area contributed by atoms with Crippen molar-refractivity contribution >= 4 is 10.9 Å². The fourth-order valence-corrected chi connectivity index (χ4v) is 3.96.